The molecule has 1 heterocycles. The van der Waals surface area contributed by atoms with Gasteiger partial charge in [-0.25, -0.2) is 0 Å². The lowest BCUT2D eigenvalue weighted by Crippen LogP contribution is -2.17. The van der Waals surface area contributed by atoms with E-state index in [4.69, 9.17) is 0 Å². The number of hydrogen-bond acceptors (Lipinski definition) is 3. The summed E-state index contributed by atoms with van der Waals surface area (Å²) in [4.78, 5) is 0. The number of aromatic nitrogens is 2. The van der Waals surface area contributed by atoms with Crippen LogP contribution in [0.15, 0.2) is 36.5 Å². The molecule has 0 aliphatic rings. The first kappa shape index (κ1) is 15.5. The van der Waals surface area contributed by atoms with E-state index in [1.165, 1.54) is 5.69 Å². The Morgan fingerprint density at radius 2 is 2.05 bits per heavy atom. The van der Waals surface area contributed by atoms with Crippen molar-refractivity contribution in [2.45, 2.75) is 33.0 Å². The lowest BCUT2D eigenvalue weighted by atomic mass is 10.2. The SMILES string of the molecule is CC(C)n1nccc1CNCc1cccc(O)c1.Cl. The average Bonchev–Trinajstić information content (AvgIpc) is 2.77. The summed E-state index contributed by atoms with van der Waals surface area (Å²) in [6, 6.07) is 9.69. The van der Waals surface area contributed by atoms with Crippen molar-refractivity contribution in [2.75, 3.05) is 0 Å². The first-order valence-electron chi connectivity index (χ1n) is 6.18. The third kappa shape index (κ3) is 4.26. The number of rotatable bonds is 5. The molecule has 2 rings (SSSR count). The molecule has 0 aliphatic heterocycles. The Balaban J connectivity index is 0.00000180. The molecular formula is C14H20ClN3O. The quantitative estimate of drug-likeness (QED) is 0.886. The summed E-state index contributed by atoms with van der Waals surface area (Å²) in [5, 5.41) is 17.0. The van der Waals surface area contributed by atoms with Crippen molar-refractivity contribution < 1.29 is 5.11 Å². The second-order valence-corrected chi connectivity index (χ2v) is 4.63. The first-order chi connectivity index (χ1) is 8.66. The number of benzene rings is 1. The van der Waals surface area contributed by atoms with Crippen LogP contribution in [-0.2, 0) is 13.1 Å². The van der Waals surface area contributed by atoms with Crippen LogP contribution >= 0.6 is 12.4 Å². The van der Waals surface area contributed by atoms with E-state index in [-0.39, 0.29) is 12.4 Å². The van der Waals surface area contributed by atoms with Crippen molar-refractivity contribution in [3.8, 4) is 5.75 Å². The lowest BCUT2D eigenvalue weighted by molar-refractivity contribution is 0.473. The zero-order valence-corrected chi connectivity index (χ0v) is 12.0. The van der Waals surface area contributed by atoms with Crippen LogP contribution in [0.2, 0.25) is 0 Å². The van der Waals surface area contributed by atoms with Crippen LogP contribution in [0.1, 0.15) is 31.1 Å². The van der Waals surface area contributed by atoms with E-state index in [0.29, 0.717) is 11.8 Å². The third-order valence-electron chi connectivity index (χ3n) is 2.79. The molecule has 1 aromatic heterocycles. The van der Waals surface area contributed by atoms with Gasteiger partial charge in [0.1, 0.15) is 5.75 Å². The Labute approximate surface area is 119 Å². The van der Waals surface area contributed by atoms with Gasteiger partial charge in [-0.15, -0.1) is 12.4 Å². The van der Waals surface area contributed by atoms with Crippen LogP contribution in [0.25, 0.3) is 0 Å². The number of halogens is 1. The molecule has 2 aromatic rings. The van der Waals surface area contributed by atoms with Crippen molar-refractivity contribution in [3.63, 3.8) is 0 Å². The highest BCUT2D eigenvalue weighted by Crippen LogP contribution is 2.11. The van der Waals surface area contributed by atoms with E-state index in [0.717, 1.165) is 18.7 Å². The van der Waals surface area contributed by atoms with Crippen LogP contribution in [0.5, 0.6) is 5.75 Å². The molecule has 1 aromatic carbocycles. The molecule has 4 nitrogen and oxygen atoms in total. The number of nitrogens with one attached hydrogen (secondary N) is 1. The summed E-state index contributed by atoms with van der Waals surface area (Å²) in [5.74, 6) is 0.307. The van der Waals surface area contributed by atoms with Crippen molar-refractivity contribution in [1.82, 2.24) is 15.1 Å². The molecule has 0 aliphatic carbocycles. The van der Waals surface area contributed by atoms with Gasteiger partial charge in [-0.05, 0) is 37.6 Å². The topological polar surface area (TPSA) is 50.1 Å². The molecule has 0 bridgehead atoms. The van der Waals surface area contributed by atoms with Crippen LogP contribution in [0.4, 0.5) is 0 Å². The van der Waals surface area contributed by atoms with E-state index in [2.05, 4.69) is 24.3 Å². The minimum Gasteiger partial charge on any atom is -0.508 e. The third-order valence-corrected chi connectivity index (χ3v) is 2.79. The summed E-state index contributed by atoms with van der Waals surface area (Å²) in [5.41, 5.74) is 2.25. The molecule has 0 unspecified atom stereocenters. The van der Waals surface area contributed by atoms with Crippen molar-refractivity contribution >= 4 is 12.4 Å². The Kier molecular flexibility index (Phi) is 5.86. The zero-order valence-electron chi connectivity index (χ0n) is 11.2. The highest BCUT2D eigenvalue weighted by Gasteiger charge is 2.05. The Hall–Kier alpha value is -1.52. The van der Waals surface area contributed by atoms with Crippen molar-refractivity contribution in [1.29, 1.82) is 0 Å². The average molecular weight is 282 g/mol. The number of phenols is 1. The van der Waals surface area contributed by atoms with Gasteiger partial charge in [0.05, 0.1) is 5.69 Å². The highest BCUT2D eigenvalue weighted by molar-refractivity contribution is 5.85. The van der Waals surface area contributed by atoms with E-state index in [1.54, 1.807) is 12.1 Å². The second-order valence-electron chi connectivity index (χ2n) is 4.63. The molecule has 0 fully saturated rings. The number of hydrogen-bond donors (Lipinski definition) is 2. The molecule has 0 saturated heterocycles. The number of aromatic hydroxyl groups is 1. The predicted octanol–water partition coefficient (Wildman–Crippen LogP) is 2.88. The first-order valence-corrected chi connectivity index (χ1v) is 6.18. The van der Waals surface area contributed by atoms with Crippen molar-refractivity contribution in [3.05, 3.63) is 47.8 Å². The Bertz CT molecular complexity index is 511. The molecule has 0 atom stereocenters. The van der Waals surface area contributed by atoms with Gasteiger partial charge in [-0.3, -0.25) is 4.68 Å². The molecule has 0 spiro atoms. The Morgan fingerprint density at radius 3 is 2.74 bits per heavy atom. The molecule has 0 radical (unpaired) electrons. The number of nitrogens with zero attached hydrogens (tertiary/aromatic N) is 2. The fraction of sp³-hybridized carbons (Fsp3) is 0.357. The molecule has 19 heavy (non-hydrogen) atoms. The largest absolute Gasteiger partial charge is 0.508 e. The predicted molar refractivity (Wildman–Crippen MR) is 78.5 cm³/mol. The van der Waals surface area contributed by atoms with E-state index in [9.17, 15) is 5.11 Å². The fourth-order valence-electron chi connectivity index (χ4n) is 1.95. The van der Waals surface area contributed by atoms with E-state index in [1.807, 2.05) is 29.1 Å². The van der Waals surface area contributed by atoms with Gasteiger partial charge in [0.2, 0.25) is 0 Å². The minimum absolute atomic E-state index is 0. The van der Waals surface area contributed by atoms with Gasteiger partial charge < -0.3 is 10.4 Å². The lowest BCUT2D eigenvalue weighted by Gasteiger charge is -2.11. The molecule has 0 saturated carbocycles. The van der Waals surface area contributed by atoms with E-state index < -0.39 is 0 Å². The molecule has 2 N–H and O–H groups in total. The van der Waals surface area contributed by atoms with Crippen LogP contribution < -0.4 is 5.32 Å². The maximum atomic E-state index is 9.37. The van der Waals surface area contributed by atoms with Gasteiger partial charge in [0.15, 0.2) is 0 Å². The minimum atomic E-state index is 0. The van der Waals surface area contributed by atoms with Gasteiger partial charge in [0.25, 0.3) is 0 Å². The normalized spacial score (nSPS) is 10.5. The standard InChI is InChI=1S/C14H19N3O.ClH/c1-11(2)17-13(6-7-16-17)10-15-9-12-4-3-5-14(18)8-12;/h3-8,11,15,18H,9-10H2,1-2H3;1H. The second kappa shape index (κ2) is 7.16. The maximum absolute atomic E-state index is 9.37. The summed E-state index contributed by atoms with van der Waals surface area (Å²) < 4.78 is 2.01. The fourth-order valence-corrected chi connectivity index (χ4v) is 1.95. The van der Waals surface area contributed by atoms with Crippen molar-refractivity contribution in [2.24, 2.45) is 0 Å². The zero-order chi connectivity index (χ0) is 13.0. The number of phenolic OH excluding ortho intramolecular Hbond substituents is 1. The smallest absolute Gasteiger partial charge is 0.115 e. The van der Waals surface area contributed by atoms with Gasteiger partial charge in [0, 0.05) is 25.3 Å². The molecule has 0 amide bonds. The monoisotopic (exact) mass is 281 g/mol. The summed E-state index contributed by atoms with van der Waals surface area (Å²) >= 11 is 0. The van der Waals surface area contributed by atoms with Gasteiger partial charge >= 0.3 is 0 Å². The van der Waals surface area contributed by atoms with Gasteiger partial charge in [-0.1, -0.05) is 12.1 Å². The molecular weight excluding hydrogens is 262 g/mol. The van der Waals surface area contributed by atoms with Crippen LogP contribution in [0.3, 0.4) is 0 Å². The summed E-state index contributed by atoms with van der Waals surface area (Å²) in [7, 11) is 0. The summed E-state index contributed by atoms with van der Waals surface area (Å²) in [6.45, 7) is 5.74. The highest BCUT2D eigenvalue weighted by atomic mass is 35.5. The summed E-state index contributed by atoms with van der Waals surface area (Å²) in [6.07, 6.45) is 1.82. The van der Waals surface area contributed by atoms with E-state index >= 15 is 0 Å². The maximum Gasteiger partial charge on any atom is 0.115 e. The molecule has 5 heteroatoms. The van der Waals surface area contributed by atoms with Crippen LogP contribution in [-0.4, -0.2) is 14.9 Å². The van der Waals surface area contributed by atoms with Crippen LogP contribution in [0, 0.1) is 0 Å². The molecule has 104 valence electrons. The Morgan fingerprint density at radius 1 is 1.26 bits per heavy atom. The van der Waals surface area contributed by atoms with Gasteiger partial charge in [-0.2, -0.15) is 5.10 Å².